The van der Waals surface area contributed by atoms with Gasteiger partial charge < -0.3 is 0 Å². The van der Waals surface area contributed by atoms with Crippen LogP contribution in [0.1, 0.15) is 26.7 Å². The van der Waals surface area contributed by atoms with E-state index in [1.165, 1.54) is 0 Å². The lowest BCUT2D eigenvalue weighted by Gasteiger charge is -2.18. The quantitative estimate of drug-likeness (QED) is 0.709. The number of carbonyl (C=O) groups is 1. The van der Waals surface area contributed by atoms with Gasteiger partial charge in [0.25, 0.3) is 0 Å². The second-order valence-electron chi connectivity index (χ2n) is 4.44. The first-order valence-corrected chi connectivity index (χ1v) is 7.64. The van der Waals surface area contributed by atoms with Gasteiger partial charge in [0, 0.05) is 18.8 Å². The Hall–Kier alpha value is -0.290. The molecule has 6 heteroatoms. The summed E-state index contributed by atoms with van der Waals surface area (Å²) in [7, 11) is -3.46. The third-order valence-corrected chi connectivity index (χ3v) is 5.38. The Morgan fingerprint density at radius 2 is 2.19 bits per heavy atom. The van der Waals surface area contributed by atoms with Crippen molar-refractivity contribution in [3.8, 4) is 0 Å². The highest BCUT2D eigenvalue weighted by molar-refractivity contribution is 7.89. The monoisotopic (exact) mass is 267 g/mol. The Labute approximate surface area is 102 Å². The molecule has 1 heterocycles. The van der Waals surface area contributed by atoms with Gasteiger partial charge in [-0.05, 0) is 11.8 Å². The van der Waals surface area contributed by atoms with Crippen LogP contribution in [-0.4, -0.2) is 36.8 Å². The van der Waals surface area contributed by atoms with Crippen molar-refractivity contribution in [2.75, 3.05) is 18.2 Å². The summed E-state index contributed by atoms with van der Waals surface area (Å²) in [4.78, 5) is 11.6. The van der Waals surface area contributed by atoms with Gasteiger partial charge in [0.05, 0.1) is 5.75 Å². The normalized spacial score (nSPS) is 23.8. The van der Waals surface area contributed by atoms with Crippen LogP contribution in [0, 0.1) is 11.8 Å². The molecule has 0 saturated carbocycles. The second kappa shape index (κ2) is 5.36. The summed E-state index contributed by atoms with van der Waals surface area (Å²) < 4.78 is 24.9. The Kier molecular flexibility index (Phi) is 4.62. The van der Waals surface area contributed by atoms with Crippen molar-refractivity contribution in [3.63, 3.8) is 0 Å². The molecule has 1 aliphatic rings. The molecule has 2 unspecified atom stereocenters. The minimum absolute atomic E-state index is 0.0430. The molecule has 0 radical (unpaired) electrons. The summed E-state index contributed by atoms with van der Waals surface area (Å²) in [6, 6.07) is 0. The molecule has 0 aromatic rings. The van der Waals surface area contributed by atoms with E-state index in [4.69, 9.17) is 11.6 Å². The van der Waals surface area contributed by atoms with Crippen molar-refractivity contribution < 1.29 is 13.2 Å². The average Bonchev–Trinajstić information content (AvgIpc) is 2.59. The number of sulfonamides is 1. The van der Waals surface area contributed by atoms with Crippen LogP contribution in [-0.2, 0) is 14.8 Å². The molecule has 1 aliphatic heterocycles. The first kappa shape index (κ1) is 13.8. The van der Waals surface area contributed by atoms with Gasteiger partial charge >= 0.3 is 0 Å². The molecule has 1 amide bonds. The Morgan fingerprint density at radius 1 is 1.56 bits per heavy atom. The van der Waals surface area contributed by atoms with Crippen molar-refractivity contribution in [1.82, 2.24) is 4.31 Å². The third kappa shape index (κ3) is 3.10. The minimum Gasteiger partial charge on any atom is -0.274 e. The van der Waals surface area contributed by atoms with Crippen LogP contribution in [0.4, 0.5) is 0 Å². The number of alkyl halides is 1. The summed E-state index contributed by atoms with van der Waals surface area (Å²) in [6.07, 6.45) is 1.19. The molecular formula is C10H18ClNO3S. The van der Waals surface area contributed by atoms with E-state index in [0.29, 0.717) is 18.8 Å². The fraction of sp³-hybridized carbons (Fsp3) is 0.900. The van der Waals surface area contributed by atoms with Crippen LogP contribution in [0.2, 0.25) is 0 Å². The summed E-state index contributed by atoms with van der Waals surface area (Å²) >= 11 is 5.59. The number of hydrogen-bond donors (Lipinski definition) is 0. The first-order chi connectivity index (χ1) is 7.40. The van der Waals surface area contributed by atoms with E-state index >= 15 is 0 Å². The van der Waals surface area contributed by atoms with Crippen molar-refractivity contribution in [2.24, 2.45) is 11.8 Å². The van der Waals surface area contributed by atoms with Gasteiger partial charge in [-0.1, -0.05) is 20.3 Å². The molecule has 4 nitrogen and oxygen atoms in total. The van der Waals surface area contributed by atoms with Crippen LogP contribution in [0.5, 0.6) is 0 Å². The van der Waals surface area contributed by atoms with E-state index in [0.717, 1.165) is 10.7 Å². The standard InChI is InChI=1S/C10H18ClNO3S/c1-3-9-4-10(13)12(6-9)16(14,15)7-8(2)5-11/h8-9H,3-7H2,1-2H3. The van der Waals surface area contributed by atoms with E-state index in [9.17, 15) is 13.2 Å². The average molecular weight is 268 g/mol. The molecule has 0 bridgehead atoms. The van der Waals surface area contributed by atoms with Crippen LogP contribution in [0.3, 0.4) is 0 Å². The van der Waals surface area contributed by atoms with Crippen molar-refractivity contribution in [1.29, 1.82) is 0 Å². The Balaban J connectivity index is 2.73. The number of amides is 1. The lowest BCUT2D eigenvalue weighted by molar-refractivity contribution is -0.123. The number of rotatable bonds is 5. The molecular weight excluding hydrogens is 250 g/mol. The topological polar surface area (TPSA) is 54.5 Å². The maximum atomic E-state index is 11.9. The minimum atomic E-state index is -3.46. The molecule has 0 aliphatic carbocycles. The third-order valence-electron chi connectivity index (χ3n) is 2.84. The SMILES string of the molecule is CCC1CC(=O)N(S(=O)(=O)CC(C)CCl)C1. The van der Waals surface area contributed by atoms with Crippen molar-refractivity contribution >= 4 is 27.5 Å². The molecule has 1 rings (SSSR count). The van der Waals surface area contributed by atoms with Crippen LogP contribution < -0.4 is 0 Å². The van der Waals surface area contributed by atoms with E-state index in [2.05, 4.69) is 0 Å². The van der Waals surface area contributed by atoms with Crippen molar-refractivity contribution in [3.05, 3.63) is 0 Å². The number of halogens is 1. The van der Waals surface area contributed by atoms with Crippen LogP contribution in [0.25, 0.3) is 0 Å². The fourth-order valence-electron chi connectivity index (χ4n) is 1.79. The summed E-state index contributed by atoms with van der Waals surface area (Å²) in [6.45, 7) is 4.07. The van der Waals surface area contributed by atoms with Gasteiger partial charge in [0.15, 0.2) is 0 Å². The van der Waals surface area contributed by atoms with Gasteiger partial charge in [-0.15, -0.1) is 11.6 Å². The van der Waals surface area contributed by atoms with Gasteiger partial charge in [-0.2, -0.15) is 0 Å². The molecule has 2 atom stereocenters. The van der Waals surface area contributed by atoms with Gasteiger partial charge in [-0.3, -0.25) is 4.79 Å². The van der Waals surface area contributed by atoms with Crippen molar-refractivity contribution in [2.45, 2.75) is 26.7 Å². The Morgan fingerprint density at radius 3 is 2.62 bits per heavy atom. The highest BCUT2D eigenvalue weighted by atomic mass is 35.5. The van der Waals surface area contributed by atoms with E-state index in [-0.39, 0.29) is 23.5 Å². The highest BCUT2D eigenvalue weighted by Gasteiger charge is 2.36. The predicted molar refractivity (Wildman–Crippen MR) is 63.8 cm³/mol. The van der Waals surface area contributed by atoms with E-state index in [1.807, 2.05) is 6.92 Å². The molecule has 16 heavy (non-hydrogen) atoms. The maximum absolute atomic E-state index is 11.9. The first-order valence-electron chi connectivity index (χ1n) is 5.50. The van der Waals surface area contributed by atoms with E-state index in [1.54, 1.807) is 6.92 Å². The molecule has 94 valence electrons. The van der Waals surface area contributed by atoms with Crippen LogP contribution in [0.15, 0.2) is 0 Å². The van der Waals surface area contributed by atoms with Gasteiger partial charge in [-0.25, -0.2) is 12.7 Å². The van der Waals surface area contributed by atoms with Crippen LogP contribution >= 0.6 is 11.6 Å². The highest BCUT2D eigenvalue weighted by Crippen LogP contribution is 2.24. The maximum Gasteiger partial charge on any atom is 0.237 e. The molecule has 0 aromatic carbocycles. The molecule has 0 aromatic heterocycles. The zero-order valence-electron chi connectivity index (χ0n) is 9.65. The molecule has 0 N–H and O–H groups in total. The zero-order valence-corrected chi connectivity index (χ0v) is 11.2. The van der Waals surface area contributed by atoms with E-state index < -0.39 is 10.0 Å². The summed E-state index contributed by atoms with van der Waals surface area (Å²) in [5.41, 5.74) is 0. The molecule has 1 saturated heterocycles. The predicted octanol–water partition coefficient (Wildman–Crippen LogP) is 1.45. The number of nitrogens with zero attached hydrogens (tertiary/aromatic N) is 1. The van der Waals surface area contributed by atoms with Gasteiger partial charge in [0.1, 0.15) is 0 Å². The number of carbonyl (C=O) groups excluding carboxylic acids is 1. The lowest BCUT2D eigenvalue weighted by atomic mass is 10.1. The fourth-order valence-corrected chi connectivity index (χ4v) is 3.86. The Bertz CT molecular complexity index is 355. The largest absolute Gasteiger partial charge is 0.274 e. The molecule has 0 spiro atoms. The number of hydrogen-bond acceptors (Lipinski definition) is 3. The molecule has 1 fully saturated rings. The zero-order chi connectivity index (χ0) is 12.3. The smallest absolute Gasteiger partial charge is 0.237 e. The summed E-state index contributed by atoms with van der Waals surface area (Å²) in [5.74, 6) is 0.0271. The van der Waals surface area contributed by atoms with Gasteiger partial charge in [0.2, 0.25) is 15.9 Å². The lowest BCUT2D eigenvalue weighted by Crippen LogP contribution is -2.36. The second-order valence-corrected chi connectivity index (χ2v) is 6.69. The summed E-state index contributed by atoms with van der Waals surface area (Å²) in [5, 5.41) is 0.